The van der Waals surface area contributed by atoms with Gasteiger partial charge in [-0.05, 0) is 24.3 Å². The Hall–Kier alpha value is -2.74. The molecule has 2 rings (SSSR count). The predicted molar refractivity (Wildman–Crippen MR) is 66.4 cm³/mol. The first-order valence-corrected chi connectivity index (χ1v) is 5.21. The zero-order chi connectivity index (χ0) is 13.0. The highest BCUT2D eigenvalue weighted by Crippen LogP contribution is 2.33. The average molecular weight is 241 g/mol. The zero-order valence-corrected chi connectivity index (χ0v) is 9.75. The second-order valence-corrected chi connectivity index (χ2v) is 3.48. The number of nitriles is 1. The average Bonchev–Trinajstić information content (AvgIpc) is 2.41. The molecular weight excluding hydrogens is 230 g/mol. The number of methoxy groups -OCH3 is 1. The summed E-state index contributed by atoms with van der Waals surface area (Å²) < 4.78 is 10.7. The summed E-state index contributed by atoms with van der Waals surface area (Å²) >= 11 is 0. The fourth-order valence-electron chi connectivity index (χ4n) is 1.41. The molecule has 0 unspecified atom stereocenters. The molecule has 0 atom stereocenters. The molecule has 0 aliphatic rings. The molecule has 0 aliphatic carbocycles. The number of aromatic nitrogens is 1. The topological polar surface area (TPSA) is 81.2 Å². The van der Waals surface area contributed by atoms with Gasteiger partial charge in [0.15, 0.2) is 11.5 Å². The summed E-state index contributed by atoms with van der Waals surface area (Å²) in [6, 6.07) is 10.3. The van der Waals surface area contributed by atoms with Crippen molar-refractivity contribution in [2.75, 3.05) is 12.8 Å². The first kappa shape index (κ1) is 11.7. The Bertz CT molecular complexity index is 605. The van der Waals surface area contributed by atoms with Gasteiger partial charge < -0.3 is 15.2 Å². The monoisotopic (exact) mass is 241 g/mol. The van der Waals surface area contributed by atoms with Crippen LogP contribution in [0.3, 0.4) is 0 Å². The van der Waals surface area contributed by atoms with E-state index in [0.29, 0.717) is 28.6 Å². The summed E-state index contributed by atoms with van der Waals surface area (Å²) in [7, 11) is 1.51. The fourth-order valence-corrected chi connectivity index (χ4v) is 1.41. The van der Waals surface area contributed by atoms with E-state index in [1.807, 2.05) is 6.07 Å². The zero-order valence-electron chi connectivity index (χ0n) is 9.75. The number of nitrogen functional groups attached to an aromatic ring is 1. The lowest BCUT2D eigenvalue weighted by Gasteiger charge is -2.10. The summed E-state index contributed by atoms with van der Waals surface area (Å²) in [6.45, 7) is 0. The van der Waals surface area contributed by atoms with Crippen molar-refractivity contribution >= 4 is 5.69 Å². The van der Waals surface area contributed by atoms with E-state index in [0.717, 1.165) is 0 Å². The SMILES string of the molecule is COc1cc(C#N)ccc1Oc1ncccc1N. The number of ether oxygens (including phenoxy) is 2. The fraction of sp³-hybridized carbons (Fsp3) is 0.0769. The summed E-state index contributed by atoms with van der Waals surface area (Å²) in [5, 5.41) is 8.80. The van der Waals surface area contributed by atoms with E-state index >= 15 is 0 Å². The summed E-state index contributed by atoms with van der Waals surface area (Å²) in [4.78, 5) is 4.02. The molecule has 0 saturated heterocycles. The molecule has 0 fully saturated rings. The molecule has 5 heteroatoms. The number of hydrogen-bond acceptors (Lipinski definition) is 5. The van der Waals surface area contributed by atoms with E-state index in [2.05, 4.69) is 4.98 Å². The molecule has 0 saturated carbocycles. The Balaban J connectivity index is 2.35. The van der Waals surface area contributed by atoms with Crippen molar-refractivity contribution in [1.82, 2.24) is 4.98 Å². The van der Waals surface area contributed by atoms with Crippen LogP contribution < -0.4 is 15.2 Å². The van der Waals surface area contributed by atoms with Crippen molar-refractivity contribution in [3.63, 3.8) is 0 Å². The highest BCUT2D eigenvalue weighted by molar-refractivity contribution is 5.52. The highest BCUT2D eigenvalue weighted by atomic mass is 16.5. The minimum absolute atomic E-state index is 0.306. The molecule has 1 aromatic carbocycles. The second-order valence-electron chi connectivity index (χ2n) is 3.48. The number of rotatable bonds is 3. The number of pyridine rings is 1. The standard InChI is InChI=1S/C13H11N3O2/c1-17-12-7-9(8-14)4-5-11(12)18-13-10(15)3-2-6-16-13/h2-7H,15H2,1H3. The van der Waals surface area contributed by atoms with Gasteiger partial charge in [-0.25, -0.2) is 4.98 Å². The van der Waals surface area contributed by atoms with Crippen molar-refractivity contribution in [1.29, 1.82) is 5.26 Å². The van der Waals surface area contributed by atoms with E-state index in [4.69, 9.17) is 20.5 Å². The first-order chi connectivity index (χ1) is 8.74. The van der Waals surface area contributed by atoms with Gasteiger partial charge >= 0.3 is 0 Å². The minimum Gasteiger partial charge on any atom is -0.493 e. The maximum Gasteiger partial charge on any atom is 0.242 e. The molecule has 0 aliphatic heterocycles. The summed E-state index contributed by atoms with van der Waals surface area (Å²) in [6.07, 6.45) is 1.59. The van der Waals surface area contributed by atoms with Crippen LogP contribution in [0.1, 0.15) is 5.56 Å². The molecular formula is C13H11N3O2. The normalized spacial score (nSPS) is 9.56. The van der Waals surface area contributed by atoms with Crippen molar-refractivity contribution < 1.29 is 9.47 Å². The molecule has 1 heterocycles. The van der Waals surface area contributed by atoms with Crippen LogP contribution >= 0.6 is 0 Å². The largest absolute Gasteiger partial charge is 0.493 e. The van der Waals surface area contributed by atoms with Crippen LogP contribution in [0.2, 0.25) is 0 Å². The summed E-state index contributed by atoms with van der Waals surface area (Å²) in [5.74, 6) is 1.22. The van der Waals surface area contributed by atoms with Gasteiger partial charge in [-0.15, -0.1) is 0 Å². The number of nitrogens with two attached hydrogens (primary N) is 1. The van der Waals surface area contributed by atoms with Crippen LogP contribution in [0, 0.1) is 11.3 Å². The molecule has 18 heavy (non-hydrogen) atoms. The van der Waals surface area contributed by atoms with E-state index < -0.39 is 0 Å². The maximum atomic E-state index is 8.80. The van der Waals surface area contributed by atoms with Crippen molar-refractivity contribution in [3.8, 4) is 23.4 Å². The molecule has 2 N–H and O–H groups in total. The Morgan fingerprint density at radius 3 is 2.78 bits per heavy atom. The van der Waals surface area contributed by atoms with Crippen LogP contribution in [-0.4, -0.2) is 12.1 Å². The van der Waals surface area contributed by atoms with Gasteiger partial charge in [0.05, 0.1) is 24.4 Å². The third kappa shape index (κ3) is 2.33. The van der Waals surface area contributed by atoms with Crippen LogP contribution in [-0.2, 0) is 0 Å². The van der Waals surface area contributed by atoms with E-state index in [9.17, 15) is 0 Å². The lowest BCUT2D eigenvalue weighted by Crippen LogP contribution is -1.96. The van der Waals surface area contributed by atoms with Gasteiger partial charge in [-0.1, -0.05) is 0 Å². The van der Waals surface area contributed by atoms with Gasteiger partial charge in [0, 0.05) is 12.3 Å². The van der Waals surface area contributed by atoms with Gasteiger partial charge in [-0.2, -0.15) is 5.26 Å². The van der Waals surface area contributed by atoms with Gasteiger partial charge in [0.1, 0.15) is 0 Å². The van der Waals surface area contributed by atoms with Crippen molar-refractivity contribution in [3.05, 3.63) is 42.1 Å². The number of hydrogen-bond donors (Lipinski definition) is 1. The third-order valence-electron chi connectivity index (χ3n) is 2.30. The maximum absolute atomic E-state index is 8.80. The summed E-state index contributed by atoms with van der Waals surface area (Å²) in [5.41, 5.74) is 6.66. The highest BCUT2D eigenvalue weighted by Gasteiger charge is 2.09. The molecule has 2 aromatic rings. The smallest absolute Gasteiger partial charge is 0.242 e. The Morgan fingerprint density at radius 1 is 1.28 bits per heavy atom. The Morgan fingerprint density at radius 2 is 2.11 bits per heavy atom. The van der Waals surface area contributed by atoms with Crippen LogP contribution in [0.25, 0.3) is 0 Å². The van der Waals surface area contributed by atoms with E-state index in [1.165, 1.54) is 7.11 Å². The van der Waals surface area contributed by atoms with Crippen LogP contribution in [0.4, 0.5) is 5.69 Å². The number of anilines is 1. The Labute approximate surface area is 104 Å². The molecule has 1 aromatic heterocycles. The van der Waals surface area contributed by atoms with E-state index in [1.54, 1.807) is 36.5 Å². The number of benzene rings is 1. The Kier molecular flexibility index (Phi) is 3.30. The second kappa shape index (κ2) is 5.06. The van der Waals surface area contributed by atoms with Gasteiger partial charge in [0.2, 0.25) is 5.88 Å². The van der Waals surface area contributed by atoms with E-state index in [-0.39, 0.29) is 0 Å². The van der Waals surface area contributed by atoms with Crippen LogP contribution in [0.5, 0.6) is 17.4 Å². The quantitative estimate of drug-likeness (QED) is 0.891. The van der Waals surface area contributed by atoms with Crippen molar-refractivity contribution in [2.45, 2.75) is 0 Å². The molecule has 0 bridgehead atoms. The van der Waals surface area contributed by atoms with Crippen molar-refractivity contribution in [2.24, 2.45) is 0 Å². The van der Waals surface area contributed by atoms with Gasteiger partial charge in [0.25, 0.3) is 0 Å². The molecule has 0 amide bonds. The minimum atomic E-state index is 0.306. The molecule has 0 radical (unpaired) electrons. The molecule has 90 valence electrons. The lowest BCUT2D eigenvalue weighted by molar-refractivity contribution is 0.375. The predicted octanol–water partition coefficient (Wildman–Crippen LogP) is 2.34. The first-order valence-electron chi connectivity index (χ1n) is 5.21. The third-order valence-corrected chi connectivity index (χ3v) is 2.30. The van der Waals surface area contributed by atoms with Gasteiger partial charge in [-0.3, -0.25) is 0 Å². The lowest BCUT2D eigenvalue weighted by atomic mass is 10.2. The molecule has 0 spiro atoms. The van der Waals surface area contributed by atoms with Crippen LogP contribution in [0.15, 0.2) is 36.5 Å². The number of nitrogens with zero attached hydrogens (tertiary/aromatic N) is 2. The molecule has 5 nitrogen and oxygen atoms in total.